The van der Waals surface area contributed by atoms with Crippen LogP contribution >= 0.6 is 11.8 Å². The largest absolute Gasteiger partial charge is 0.325 e. The second kappa shape index (κ2) is 8.28. The molecule has 0 unspecified atom stereocenters. The molecule has 0 radical (unpaired) electrons. The first kappa shape index (κ1) is 20.1. The summed E-state index contributed by atoms with van der Waals surface area (Å²) in [6, 6.07) is 16.0. The lowest BCUT2D eigenvalue weighted by atomic mass is 10.1. The number of carbonyl (C=O) groups is 1. The lowest BCUT2D eigenvalue weighted by Crippen LogP contribution is -2.16. The molecule has 30 heavy (non-hydrogen) atoms. The third-order valence-electron chi connectivity index (χ3n) is 4.84. The van der Waals surface area contributed by atoms with Crippen molar-refractivity contribution in [2.75, 3.05) is 11.1 Å². The highest BCUT2D eigenvalue weighted by Gasteiger charge is 2.12. The van der Waals surface area contributed by atoms with Gasteiger partial charge in [0, 0.05) is 11.3 Å². The molecule has 0 saturated heterocycles. The number of rotatable bonds is 5. The van der Waals surface area contributed by atoms with Gasteiger partial charge in [-0.1, -0.05) is 59.3 Å². The molecule has 0 aliphatic rings. The minimum Gasteiger partial charge on any atom is -0.325 e. The molecule has 0 bridgehead atoms. The molecule has 0 atom stereocenters. The first-order chi connectivity index (χ1) is 14.4. The number of anilines is 1. The Labute approximate surface area is 179 Å². The molecule has 2 aromatic heterocycles. The maximum Gasteiger partial charge on any atom is 0.234 e. The fourth-order valence-electron chi connectivity index (χ4n) is 3.42. The number of hydrogen-bond donors (Lipinski definition) is 1. The summed E-state index contributed by atoms with van der Waals surface area (Å²) in [5, 5.41) is 16.9. The molecule has 152 valence electrons. The van der Waals surface area contributed by atoms with Gasteiger partial charge in [0.15, 0.2) is 11.5 Å². The molecular weight excluding hydrogens is 394 g/mol. The van der Waals surface area contributed by atoms with Gasteiger partial charge < -0.3 is 5.32 Å². The predicted octanol–water partition coefficient (Wildman–Crippen LogP) is 4.76. The van der Waals surface area contributed by atoms with Gasteiger partial charge in [-0.3, -0.25) is 4.79 Å². The Morgan fingerprint density at radius 1 is 0.933 bits per heavy atom. The molecular formula is C23H23N5OS. The summed E-state index contributed by atoms with van der Waals surface area (Å²) in [5.74, 6) is 0.898. The van der Waals surface area contributed by atoms with E-state index < -0.39 is 0 Å². The normalized spacial score (nSPS) is 11.1. The Morgan fingerprint density at radius 2 is 1.63 bits per heavy atom. The van der Waals surface area contributed by atoms with Crippen molar-refractivity contribution in [2.24, 2.45) is 0 Å². The van der Waals surface area contributed by atoms with Crippen LogP contribution in [0, 0.1) is 27.7 Å². The van der Waals surface area contributed by atoms with Gasteiger partial charge in [-0.25, -0.2) is 0 Å². The number of benzene rings is 2. The van der Waals surface area contributed by atoms with E-state index in [0.717, 1.165) is 27.4 Å². The van der Waals surface area contributed by atoms with Crippen LogP contribution in [0.2, 0.25) is 0 Å². The third kappa shape index (κ3) is 4.21. The van der Waals surface area contributed by atoms with Crippen LogP contribution in [0.3, 0.4) is 0 Å². The first-order valence-corrected chi connectivity index (χ1v) is 10.7. The number of amides is 1. The summed E-state index contributed by atoms with van der Waals surface area (Å²) >= 11 is 1.39. The van der Waals surface area contributed by atoms with Crippen LogP contribution in [0.5, 0.6) is 0 Å². The molecule has 0 aliphatic heterocycles. The van der Waals surface area contributed by atoms with E-state index >= 15 is 0 Å². The third-order valence-corrected chi connectivity index (χ3v) is 5.76. The number of fused-ring (bicyclic) bond motifs is 1. The zero-order valence-electron chi connectivity index (χ0n) is 17.4. The summed E-state index contributed by atoms with van der Waals surface area (Å²) < 4.78 is 1.72. The number of nitrogens with zero attached hydrogens (tertiary/aromatic N) is 4. The molecule has 0 spiro atoms. The number of carbonyl (C=O) groups excluding carboxylic acids is 1. The van der Waals surface area contributed by atoms with Gasteiger partial charge in [0.25, 0.3) is 0 Å². The van der Waals surface area contributed by atoms with Crippen LogP contribution in [0.1, 0.15) is 22.3 Å². The summed E-state index contributed by atoms with van der Waals surface area (Å²) in [6.07, 6.45) is 0. The summed E-state index contributed by atoms with van der Waals surface area (Å²) in [4.78, 5) is 12.5. The SMILES string of the molecule is Cc1ccc(-c2nnc3ccc(SCC(=O)Nc4c(C)cc(C)cc4C)nn23)cc1. The second-order valence-corrected chi connectivity index (χ2v) is 8.44. The monoisotopic (exact) mass is 417 g/mol. The van der Waals surface area contributed by atoms with Crippen molar-refractivity contribution in [1.29, 1.82) is 0 Å². The van der Waals surface area contributed by atoms with Gasteiger partial charge in [0.2, 0.25) is 5.91 Å². The van der Waals surface area contributed by atoms with Crippen LogP contribution in [0.25, 0.3) is 17.0 Å². The molecule has 2 aromatic carbocycles. The van der Waals surface area contributed by atoms with Crippen molar-refractivity contribution in [1.82, 2.24) is 19.8 Å². The van der Waals surface area contributed by atoms with E-state index in [0.29, 0.717) is 11.5 Å². The highest BCUT2D eigenvalue weighted by Crippen LogP contribution is 2.24. The Hall–Kier alpha value is -3.19. The van der Waals surface area contributed by atoms with E-state index in [1.54, 1.807) is 4.52 Å². The highest BCUT2D eigenvalue weighted by molar-refractivity contribution is 7.99. The standard InChI is InChI=1S/C23H23N5OS/c1-14-5-7-18(8-6-14)23-26-25-19-9-10-21(27-28(19)23)30-13-20(29)24-22-16(3)11-15(2)12-17(22)4/h5-12H,13H2,1-4H3,(H,24,29). The summed E-state index contributed by atoms with van der Waals surface area (Å²) in [6.45, 7) is 8.12. The average Bonchev–Trinajstić information content (AvgIpc) is 3.13. The molecule has 4 aromatic rings. The van der Waals surface area contributed by atoms with Crippen molar-refractivity contribution >= 4 is 29.0 Å². The fourth-order valence-corrected chi connectivity index (χ4v) is 4.08. The topological polar surface area (TPSA) is 72.2 Å². The Balaban J connectivity index is 1.50. The lowest BCUT2D eigenvalue weighted by molar-refractivity contribution is -0.113. The van der Waals surface area contributed by atoms with Crippen molar-refractivity contribution in [3.8, 4) is 11.4 Å². The number of aryl methyl sites for hydroxylation is 4. The smallest absolute Gasteiger partial charge is 0.234 e. The van der Waals surface area contributed by atoms with E-state index in [4.69, 9.17) is 0 Å². The predicted molar refractivity (Wildman–Crippen MR) is 121 cm³/mol. The molecule has 1 amide bonds. The van der Waals surface area contributed by atoms with Crippen molar-refractivity contribution in [3.63, 3.8) is 0 Å². The number of hydrogen-bond acceptors (Lipinski definition) is 5. The fraction of sp³-hybridized carbons (Fsp3) is 0.217. The molecule has 0 saturated carbocycles. The molecule has 4 rings (SSSR count). The van der Waals surface area contributed by atoms with Crippen molar-refractivity contribution in [2.45, 2.75) is 32.7 Å². The Kier molecular flexibility index (Phi) is 5.55. The van der Waals surface area contributed by atoms with Crippen LogP contribution in [0.15, 0.2) is 53.6 Å². The number of aromatic nitrogens is 4. The lowest BCUT2D eigenvalue weighted by Gasteiger charge is -2.12. The minimum atomic E-state index is -0.0561. The Morgan fingerprint density at radius 3 is 2.33 bits per heavy atom. The maximum absolute atomic E-state index is 12.5. The molecule has 0 fully saturated rings. The second-order valence-electron chi connectivity index (χ2n) is 7.44. The zero-order chi connectivity index (χ0) is 21.3. The van der Waals surface area contributed by atoms with Gasteiger partial charge in [-0.05, 0) is 51.0 Å². The van der Waals surface area contributed by atoms with Gasteiger partial charge in [-0.2, -0.15) is 9.61 Å². The van der Waals surface area contributed by atoms with Crippen LogP contribution in [-0.2, 0) is 4.79 Å². The maximum atomic E-state index is 12.5. The van der Waals surface area contributed by atoms with Gasteiger partial charge in [0.05, 0.1) is 5.75 Å². The quantitative estimate of drug-likeness (QED) is 0.474. The average molecular weight is 418 g/mol. The molecule has 1 N–H and O–H groups in total. The van der Waals surface area contributed by atoms with E-state index in [1.807, 2.05) is 57.2 Å². The van der Waals surface area contributed by atoms with E-state index in [-0.39, 0.29) is 11.7 Å². The minimum absolute atomic E-state index is 0.0561. The molecule has 0 aliphatic carbocycles. The summed E-state index contributed by atoms with van der Waals surface area (Å²) in [7, 11) is 0. The van der Waals surface area contributed by atoms with E-state index in [9.17, 15) is 4.79 Å². The molecule has 7 heteroatoms. The van der Waals surface area contributed by atoms with Crippen LogP contribution < -0.4 is 5.32 Å². The number of nitrogens with one attached hydrogen (secondary N) is 1. The highest BCUT2D eigenvalue weighted by atomic mass is 32.2. The van der Waals surface area contributed by atoms with Crippen molar-refractivity contribution in [3.05, 3.63) is 70.8 Å². The van der Waals surface area contributed by atoms with Gasteiger partial charge in [0.1, 0.15) is 5.03 Å². The van der Waals surface area contributed by atoms with Crippen LogP contribution in [-0.4, -0.2) is 31.5 Å². The van der Waals surface area contributed by atoms with Crippen LogP contribution in [0.4, 0.5) is 5.69 Å². The van der Waals surface area contributed by atoms with Gasteiger partial charge in [-0.15, -0.1) is 10.2 Å². The number of thioether (sulfide) groups is 1. The van der Waals surface area contributed by atoms with Crippen molar-refractivity contribution < 1.29 is 4.79 Å². The first-order valence-electron chi connectivity index (χ1n) is 9.71. The molecule has 2 heterocycles. The van der Waals surface area contributed by atoms with Gasteiger partial charge >= 0.3 is 0 Å². The van der Waals surface area contributed by atoms with E-state index in [2.05, 4.69) is 39.7 Å². The molecule has 6 nitrogen and oxygen atoms in total. The summed E-state index contributed by atoms with van der Waals surface area (Å²) in [5.41, 5.74) is 7.01. The Bertz CT molecular complexity index is 1210. The van der Waals surface area contributed by atoms with E-state index in [1.165, 1.54) is 22.9 Å². The zero-order valence-corrected chi connectivity index (χ0v) is 18.2.